The summed E-state index contributed by atoms with van der Waals surface area (Å²) >= 11 is 0. The Kier molecular flexibility index (Phi) is 8.91. The average molecular weight is 308 g/mol. The van der Waals surface area contributed by atoms with E-state index in [2.05, 4.69) is 6.92 Å². The zero-order valence-corrected chi connectivity index (χ0v) is 13.3. The lowest BCUT2D eigenvalue weighted by molar-refractivity contribution is 0.0386. The van der Waals surface area contributed by atoms with Crippen molar-refractivity contribution < 1.29 is 23.8 Å². The van der Waals surface area contributed by atoms with Crippen molar-refractivity contribution in [2.75, 3.05) is 26.9 Å². The molecule has 0 bridgehead atoms. The van der Waals surface area contributed by atoms with Crippen molar-refractivity contribution in [3.63, 3.8) is 0 Å². The molecule has 5 nitrogen and oxygen atoms in total. The number of hydrogen-bond acceptors (Lipinski definition) is 5. The third-order valence-electron chi connectivity index (χ3n) is 3.11. The van der Waals surface area contributed by atoms with Gasteiger partial charge in [-0.05, 0) is 30.7 Å². The minimum absolute atomic E-state index is 0.205. The number of methoxy groups -OCH3 is 1. The molecule has 0 aliphatic carbocycles. The summed E-state index contributed by atoms with van der Waals surface area (Å²) in [5.41, 5.74) is 0.833. The summed E-state index contributed by atoms with van der Waals surface area (Å²) in [6, 6.07) is 6.26. The normalized spacial score (nSPS) is 10.3. The SMILES string of the molecule is CCCCCCOC(=O)c1ccc(C(=O)OCCOC)cc1. The van der Waals surface area contributed by atoms with E-state index in [0.29, 0.717) is 24.3 Å². The minimum atomic E-state index is -0.434. The molecule has 1 rings (SSSR count). The standard InChI is InChI=1S/C17H24O5/c1-3-4-5-6-11-21-16(18)14-7-9-15(10-8-14)17(19)22-13-12-20-2/h7-10H,3-6,11-13H2,1-2H3. The quantitative estimate of drug-likeness (QED) is 0.490. The van der Waals surface area contributed by atoms with Gasteiger partial charge in [-0.25, -0.2) is 9.59 Å². The monoisotopic (exact) mass is 308 g/mol. The molecule has 0 N–H and O–H groups in total. The molecular formula is C17H24O5. The summed E-state index contributed by atoms with van der Waals surface area (Å²) in [7, 11) is 1.54. The molecule has 122 valence electrons. The van der Waals surface area contributed by atoms with Crippen LogP contribution >= 0.6 is 0 Å². The molecular weight excluding hydrogens is 284 g/mol. The Balaban J connectivity index is 2.39. The Bertz CT molecular complexity index is 453. The largest absolute Gasteiger partial charge is 0.462 e. The fourth-order valence-electron chi connectivity index (χ4n) is 1.82. The molecule has 0 fully saturated rings. The zero-order valence-electron chi connectivity index (χ0n) is 13.3. The highest BCUT2D eigenvalue weighted by Gasteiger charge is 2.10. The molecule has 22 heavy (non-hydrogen) atoms. The Morgan fingerprint density at radius 2 is 1.36 bits per heavy atom. The Labute approximate surface area is 131 Å². The van der Waals surface area contributed by atoms with Crippen molar-refractivity contribution in [3.05, 3.63) is 35.4 Å². The molecule has 0 saturated heterocycles. The number of rotatable bonds is 10. The van der Waals surface area contributed by atoms with Crippen molar-refractivity contribution >= 4 is 11.9 Å². The third kappa shape index (κ3) is 6.72. The first-order valence-electron chi connectivity index (χ1n) is 7.62. The van der Waals surface area contributed by atoms with Crippen LogP contribution < -0.4 is 0 Å². The number of carbonyl (C=O) groups excluding carboxylic acids is 2. The number of carbonyl (C=O) groups is 2. The van der Waals surface area contributed by atoms with Gasteiger partial charge in [-0.2, -0.15) is 0 Å². The fraction of sp³-hybridized carbons (Fsp3) is 0.529. The molecule has 1 aromatic carbocycles. The Hall–Kier alpha value is -1.88. The second kappa shape index (κ2) is 10.8. The van der Waals surface area contributed by atoms with Crippen LogP contribution in [0.1, 0.15) is 53.3 Å². The topological polar surface area (TPSA) is 61.8 Å². The van der Waals surface area contributed by atoms with Crippen LogP contribution in [0.4, 0.5) is 0 Å². The van der Waals surface area contributed by atoms with Gasteiger partial charge in [-0.3, -0.25) is 0 Å². The summed E-state index contributed by atoms with van der Waals surface area (Å²) in [6.45, 7) is 3.12. The molecule has 0 heterocycles. The van der Waals surface area contributed by atoms with Crippen LogP contribution in [0.25, 0.3) is 0 Å². The van der Waals surface area contributed by atoms with Crippen LogP contribution in [-0.2, 0) is 14.2 Å². The predicted octanol–water partition coefficient (Wildman–Crippen LogP) is 3.23. The highest BCUT2D eigenvalue weighted by Crippen LogP contribution is 2.08. The Morgan fingerprint density at radius 3 is 1.86 bits per heavy atom. The molecule has 0 aliphatic heterocycles. The first kappa shape index (κ1) is 18.2. The van der Waals surface area contributed by atoms with Gasteiger partial charge in [0.15, 0.2) is 0 Å². The second-order valence-corrected chi connectivity index (χ2v) is 4.90. The minimum Gasteiger partial charge on any atom is -0.462 e. The van der Waals surface area contributed by atoms with Crippen LogP contribution in [-0.4, -0.2) is 38.9 Å². The second-order valence-electron chi connectivity index (χ2n) is 4.90. The van der Waals surface area contributed by atoms with Crippen molar-refractivity contribution in [2.45, 2.75) is 32.6 Å². The maximum atomic E-state index is 11.8. The van der Waals surface area contributed by atoms with Gasteiger partial charge < -0.3 is 14.2 Å². The van der Waals surface area contributed by atoms with E-state index in [0.717, 1.165) is 25.7 Å². The predicted molar refractivity (Wildman–Crippen MR) is 83.0 cm³/mol. The van der Waals surface area contributed by atoms with Crippen molar-refractivity contribution in [3.8, 4) is 0 Å². The number of unbranched alkanes of at least 4 members (excludes halogenated alkanes) is 3. The molecule has 0 amide bonds. The number of ether oxygens (including phenoxy) is 3. The molecule has 0 atom stereocenters. The number of hydrogen-bond donors (Lipinski definition) is 0. The highest BCUT2D eigenvalue weighted by molar-refractivity contribution is 5.93. The van der Waals surface area contributed by atoms with E-state index in [-0.39, 0.29) is 12.6 Å². The molecule has 5 heteroatoms. The molecule has 0 aromatic heterocycles. The van der Waals surface area contributed by atoms with Crippen LogP contribution in [0.5, 0.6) is 0 Å². The average Bonchev–Trinajstić information content (AvgIpc) is 2.54. The number of esters is 2. The first-order chi connectivity index (χ1) is 10.7. The van der Waals surface area contributed by atoms with Gasteiger partial charge in [0.05, 0.1) is 24.3 Å². The molecule has 0 unspecified atom stereocenters. The van der Waals surface area contributed by atoms with Crippen LogP contribution in [0.3, 0.4) is 0 Å². The van der Waals surface area contributed by atoms with Gasteiger partial charge in [0.2, 0.25) is 0 Å². The maximum Gasteiger partial charge on any atom is 0.338 e. The van der Waals surface area contributed by atoms with Crippen LogP contribution in [0.15, 0.2) is 24.3 Å². The summed E-state index contributed by atoms with van der Waals surface area (Å²) in [5.74, 6) is -0.799. The van der Waals surface area contributed by atoms with Gasteiger partial charge in [0.1, 0.15) is 6.61 Å². The van der Waals surface area contributed by atoms with Gasteiger partial charge in [0.25, 0.3) is 0 Å². The van der Waals surface area contributed by atoms with E-state index in [1.807, 2.05) is 0 Å². The van der Waals surface area contributed by atoms with E-state index in [1.165, 1.54) is 7.11 Å². The molecule has 0 aliphatic rings. The molecule has 1 aromatic rings. The highest BCUT2D eigenvalue weighted by atomic mass is 16.6. The number of benzene rings is 1. The van der Waals surface area contributed by atoms with E-state index in [4.69, 9.17) is 14.2 Å². The smallest absolute Gasteiger partial charge is 0.338 e. The van der Waals surface area contributed by atoms with Crippen molar-refractivity contribution in [1.82, 2.24) is 0 Å². The van der Waals surface area contributed by atoms with Gasteiger partial charge in [0, 0.05) is 7.11 Å². The van der Waals surface area contributed by atoms with E-state index in [1.54, 1.807) is 24.3 Å². The lowest BCUT2D eigenvalue weighted by Gasteiger charge is -2.06. The van der Waals surface area contributed by atoms with E-state index >= 15 is 0 Å². The van der Waals surface area contributed by atoms with E-state index < -0.39 is 5.97 Å². The van der Waals surface area contributed by atoms with Crippen LogP contribution in [0.2, 0.25) is 0 Å². The van der Waals surface area contributed by atoms with Crippen molar-refractivity contribution in [1.29, 1.82) is 0 Å². The summed E-state index contributed by atoms with van der Waals surface area (Å²) in [5, 5.41) is 0. The lowest BCUT2D eigenvalue weighted by atomic mass is 10.1. The fourth-order valence-corrected chi connectivity index (χ4v) is 1.82. The molecule has 0 saturated carbocycles. The van der Waals surface area contributed by atoms with Crippen molar-refractivity contribution in [2.24, 2.45) is 0 Å². The van der Waals surface area contributed by atoms with Gasteiger partial charge in [-0.1, -0.05) is 26.2 Å². The zero-order chi connectivity index (χ0) is 16.2. The van der Waals surface area contributed by atoms with Gasteiger partial charge in [-0.15, -0.1) is 0 Å². The summed E-state index contributed by atoms with van der Waals surface area (Å²) in [4.78, 5) is 23.5. The Morgan fingerprint density at radius 1 is 0.818 bits per heavy atom. The third-order valence-corrected chi connectivity index (χ3v) is 3.11. The maximum absolute atomic E-state index is 11.8. The van der Waals surface area contributed by atoms with Crippen LogP contribution in [0, 0.1) is 0 Å². The van der Waals surface area contributed by atoms with Gasteiger partial charge >= 0.3 is 11.9 Å². The first-order valence-corrected chi connectivity index (χ1v) is 7.62. The van der Waals surface area contributed by atoms with E-state index in [9.17, 15) is 9.59 Å². The molecule has 0 spiro atoms. The lowest BCUT2D eigenvalue weighted by Crippen LogP contribution is -2.11. The molecule has 0 radical (unpaired) electrons. The summed E-state index contributed by atoms with van der Waals surface area (Å²) < 4.78 is 15.0. The summed E-state index contributed by atoms with van der Waals surface area (Å²) in [6.07, 6.45) is 4.24.